The normalized spacial score (nSPS) is 12.5. The first kappa shape index (κ1) is 35.7. The molecular weight excluding hydrogens is 692 g/mol. The number of H-pyrrole nitrogens is 1. The van der Waals surface area contributed by atoms with Crippen LogP contribution in [0.1, 0.15) is 24.0 Å². The molecule has 264 valence electrons. The SMILES string of the molecule is COc1nccc2nc(-c3ccc(C#N)cc3)c(-c3ccccc3)cc12.Cl.NC1(c2ccc(-c3nc4cc[nH]c(=O)c4cc3-c3ccccc3)cc2)CC1. The van der Waals surface area contributed by atoms with Crippen LogP contribution in [0.4, 0.5) is 0 Å². The van der Waals surface area contributed by atoms with E-state index >= 15 is 0 Å². The van der Waals surface area contributed by atoms with Gasteiger partial charge in [0.05, 0.1) is 51.9 Å². The average molecular weight is 727 g/mol. The lowest BCUT2D eigenvalue weighted by Gasteiger charge is -2.13. The molecule has 0 amide bonds. The van der Waals surface area contributed by atoms with Gasteiger partial charge in [-0.2, -0.15) is 5.26 Å². The molecule has 4 aromatic heterocycles. The summed E-state index contributed by atoms with van der Waals surface area (Å²) in [6.07, 6.45) is 5.41. The first-order valence-corrected chi connectivity index (χ1v) is 17.3. The quantitative estimate of drug-likeness (QED) is 0.175. The number of benzene rings is 4. The molecular formula is C45H35ClN6O2. The number of rotatable bonds is 6. The molecule has 0 saturated heterocycles. The highest BCUT2D eigenvalue weighted by Crippen LogP contribution is 2.43. The average Bonchev–Trinajstić information content (AvgIpc) is 3.99. The van der Waals surface area contributed by atoms with Crippen LogP contribution in [0.5, 0.6) is 5.88 Å². The monoisotopic (exact) mass is 726 g/mol. The highest BCUT2D eigenvalue weighted by molar-refractivity contribution is 5.94. The van der Waals surface area contributed by atoms with Crippen molar-refractivity contribution in [2.75, 3.05) is 7.11 Å². The lowest BCUT2D eigenvalue weighted by Crippen LogP contribution is -2.18. The number of pyridine rings is 4. The second-order valence-electron chi connectivity index (χ2n) is 13.1. The van der Waals surface area contributed by atoms with Crippen LogP contribution in [0.25, 0.3) is 66.6 Å². The van der Waals surface area contributed by atoms with Crippen molar-refractivity contribution >= 4 is 34.2 Å². The predicted octanol–water partition coefficient (Wildman–Crippen LogP) is 9.47. The second-order valence-corrected chi connectivity index (χ2v) is 13.1. The molecule has 0 aliphatic heterocycles. The molecule has 9 heteroatoms. The van der Waals surface area contributed by atoms with Gasteiger partial charge in [-0.15, -0.1) is 12.4 Å². The van der Waals surface area contributed by atoms with Gasteiger partial charge in [0.15, 0.2) is 0 Å². The highest BCUT2D eigenvalue weighted by Gasteiger charge is 2.39. The van der Waals surface area contributed by atoms with Gasteiger partial charge in [-0.3, -0.25) is 4.79 Å². The maximum Gasteiger partial charge on any atom is 0.257 e. The fourth-order valence-electron chi connectivity index (χ4n) is 6.55. The number of aromatic amines is 1. The molecule has 1 saturated carbocycles. The van der Waals surface area contributed by atoms with Crippen molar-refractivity contribution in [1.29, 1.82) is 5.26 Å². The second kappa shape index (κ2) is 15.1. The number of aromatic nitrogens is 4. The van der Waals surface area contributed by atoms with Crippen LogP contribution in [-0.4, -0.2) is 27.0 Å². The van der Waals surface area contributed by atoms with Gasteiger partial charge >= 0.3 is 0 Å². The van der Waals surface area contributed by atoms with Crippen LogP contribution < -0.4 is 16.0 Å². The Bertz CT molecular complexity index is 2690. The Kier molecular flexibility index (Phi) is 10.0. The minimum atomic E-state index is -0.148. The van der Waals surface area contributed by atoms with Crippen molar-refractivity contribution in [3.63, 3.8) is 0 Å². The Hall–Kier alpha value is -6.66. The molecule has 1 aliphatic carbocycles. The summed E-state index contributed by atoms with van der Waals surface area (Å²) < 4.78 is 5.41. The van der Waals surface area contributed by atoms with Gasteiger partial charge in [-0.1, -0.05) is 97.1 Å². The van der Waals surface area contributed by atoms with Crippen molar-refractivity contribution in [2.24, 2.45) is 5.73 Å². The number of nitrogens with one attached hydrogen (secondary N) is 1. The van der Waals surface area contributed by atoms with E-state index in [1.54, 1.807) is 19.5 Å². The number of ether oxygens (including phenoxy) is 1. The zero-order chi connectivity index (χ0) is 36.4. The molecule has 4 aromatic carbocycles. The fraction of sp³-hybridized carbons (Fsp3) is 0.0889. The molecule has 8 aromatic rings. The van der Waals surface area contributed by atoms with E-state index in [9.17, 15) is 4.79 Å². The Labute approximate surface area is 318 Å². The third-order valence-electron chi connectivity index (χ3n) is 9.63. The van der Waals surface area contributed by atoms with Gasteiger partial charge in [-0.25, -0.2) is 15.0 Å². The standard InChI is InChI=1S/C23H19N3O.C22H15N3O.ClH/c24-23(11-12-23)17-8-6-16(7-9-17)21-18(15-4-2-1-3-5-15)14-19-20(26-21)10-13-25-22(19)27;1-26-22-19-13-18(16-5-3-2-4-6-16)21(25-20(19)11-12-24-22)17-9-7-15(14-23)8-10-17;/h1-10,13-14H,11-12,24H2,(H,25,27);2-13H,1H3;1H. The van der Waals surface area contributed by atoms with Gasteiger partial charge in [0.2, 0.25) is 5.88 Å². The van der Waals surface area contributed by atoms with E-state index in [1.165, 1.54) is 5.56 Å². The van der Waals surface area contributed by atoms with E-state index in [1.807, 2.05) is 91.0 Å². The maximum absolute atomic E-state index is 12.3. The number of halogens is 1. The Morgan fingerprint density at radius 3 is 1.78 bits per heavy atom. The van der Waals surface area contributed by atoms with E-state index in [4.69, 9.17) is 25.7 Å². The van der Waals surface area contributed by atoms with E-state index < -0.39 is 0 Å². The van der Waals surface area contributed by atoms with Crippen LogP contribution in [0.15, 0.2) is 151 Å². The lowest BCUT2D eigenvalue weighted by molar-refractivity contribution is 0.403. The third kappa shape index (κ3) is 7.06. The molecule has 3 N–H and O–H groups in total. The first-order chi connectivity index (χ1) is 25.9. The van der Waals surface area contributed by atoms with Gasteiger partial charge in [0, 0.05) is 40.2 Å². The summed E-state index contributed by atoms with van der Waals surface area (Å²) in [6.45, 7) is 0. The molecule has 54 heavy (non-hydrogen) atoms. The van der Waals surface area contributed by atoms with Crippen molar-refractivity contribution in [3.8, 4) is 56.7 Å². The van der Waals surface area contributed by atoms with Crippen LogP contribution in [0.2, 0.25) is 0 Å². The molecule has 0 atom stereocenters. The number of nitriles is 1. The van der Waals surface area contributed by atoms with Crippen molar-refractivity contribution < 1.29 is 4.74 Å². The molecule has 1 aliphatic rings. The van der Waals surface area contributed by atoms with Gasteiger partial charge in [0.1, 0.15) is 0 Å². The molecule has 9 rings (SSSR count). The number of hydrogen-bond donors (Lipinski definition) is 2. The Balaban J connectivity index is 0.000000164. The Morgan fingerprint density at radius 2 is 1.24 bits per heavy atom. The molecule has 0 unspecified atom stereocenters. The summed E-state index contributed by atoms with van der Waals surface area (Å²) in [5.41, 5.74) is 17.1. The topological polar surface area (TPSA) is 131 Å². The number of fused-ring (bicyclic) bond motifs is 2. The van der Waals surface area contributed by atoms with Gasteiger partial charge < -0.3 is 15.5 Å². The first-order valence-electron chi connectivity index (χ1n) is 17.3. The summed E-state index contributed by atoms with van der Waals surface area (Å²) in [6, 6.07) is 45.8. The van der Waals surface area contributed by atoms with Crippen LogP contribution in [-0.2, 0) is 5.54 Å². The van der Waals surface area contributed by atoms with E-state index in [0.717, 1.165) is 68.5 Å². The van der Waals surface area contributed by atoms with Crippen molar-refractivity contribution in [1.82, 2.24) is 19.9 Å². The summed E-state index contributed by atoms with van der Waals surface area (Å²) in [5.74, 6) is 0.554. The molecule has 0 bridgehead atoms. The van der Waals surface area contributed by atoms with Crippen molar-refractivity contribution in [3.05, 3.63) is 167 Å². The van der Waals surface area contributed by atoms with Crippen LogP contribution in [0, 0.1) is 11.3 Å². The molecule has 8 nitrogen and oxygen atoms in total. The number of methoxy groups -OCH3 is 1. The molecule has 4 heterocycles. The number of nitrogens with zero attached hydrogens (tertiary/aromatic N) is 4. The van der Waals surface area contributed by atoms with Crippen LogP contribution in [0.3, 0.4) is 0 Å². The summed E-state index contributed by atoms with van der Waals surface area (Å²) in [5, 5.41) is 10.5. The highest BCUT2D eigenvalue weighted by atomic mass is 35.5. The zero-order valence-corrected chi connectivity index (χ0v) is 30.2. The fourth-order valence-corrected chi connectivity index (χ4v) is 6.55. The Morgan fingerprint density at radius 1 is 0.704 bits per heavy atom. The van der Waals surface area contributed by atoms with E-state index in [0.29, 0.717) is 22.3 Å². The molecule has 1 fully saturated rings. The largest absolute Gasteiger partial charge is 0.481 e. The minimum absolute atomic E-state index is 0. The summed E-state index contributed by atoms with van der Waals surface area (Å²) >= 11 is 0. The van der Waals surface area contributed by atoms with E-state index in [-0.39, 0.29) is 23.5 Å². The lowest BCUT2D eigenvalue weighted by atomic mass is 9.96. The molecule has 0 spiro atoms. The van der Waals surface area contributed by atoms with Gasteiger partial charge in [-0.05, 0) is 65.9 Å². The summed E-state index contributed by atoms with van der Waals surface area (Å²) in [4.78, 5) is 29.0. The summed E-state index contributed by atoms with van der Waals surface area (Å²) in [7, 11) is 1.61. The number of hydrogen-bond acceptors (Lipinski definition) is 7. The smallest absolute Gasteiger partial charge is 0.257 e. The maximum atomic E-state index is 12.3. The minimum Gasteiger partial charge on any atom is -0.481 e. The zero-order valence-electron chi connectivity index (χ0n) is 29.4. The van der Waals surface area contributed by atoms with Crippen LogP contribution >= 0.6 is 12.4 Å². The predicted molar refractivity (Wildman–Crippen MR) is 217 cm³/mol. The van der Waals surface area contributed by atoms with Gasteiger partial charge in [0.25, 0.3) is 5.56 Å². The van der Waals surface area contributed by atoms with E-state index in [2.05, 4.69) is 58.5 Å². The molecule has 0 radical (unpaired) electrons. The van der Waals surface area contributed by atoms with Crippen molar-refractivity contribution in [2.45, 2.75) is 18.4 Å². The third-order valence-corrected chi connectivity index (χ3v) is 9.63. The number of nitrogens with two attached hydrogens (primary N) is 1.